The van der Waals surface area contributed by atoms with Gasteiger partial charge in [0.2, 0.25) is 5.88 Å². The zero-order chi connectivity index (χ0) is 23.2. The summed E-state index contributed by atoms with van der Waals surface area (Å²) >= 11 is 3.48. The number of hydrogen-bond acceptors (Lipinski definition) is 5. The molecule has 0 radical (unpaired) electrons. The lowest BCUT2D eigenvalue weighted by atomic mass is 10.1. The van der Waals surface area contributed by atoms with Crippen LogP contribution in [0.1, 0.15) is 32.9 Å². The minimum Gasteiger partial charge on any atom is -0.438 e. The Morgan fingerprint density at radius 1 is 1.35 bits per heavy atom. The van der Waals surface area contributed by atoms with Gasteiger partial charge in [0.25, 0.3) is 5.91 Å². The van der Waals surface area contributed by atoms with Crippen molar-refractivity contribution in [3.05, 3.63) is 40.5 Å². The van der Waals surface area contributed by atoms with Gasteiger partial charge in [-0.25, -0.2) is 14.2 Å². The van der Waals surface area contributed by atoms with Crippen LogP contribution in [0.2, 0.25) is 0 Å². The topological polar surface area (TPSA) is 84.2 Å². The van der Waals surface area contributed by atoms with Gasteiger partial charge in [-0.05, 0) is 60.0 Å². The predicted octanol–water partition coefficient (Wildman–Crippen LogP) is 5.59. The molecule has 1 aromatic carbocycles. The van der Waals surface area contributed by atoms with Crippen molar-refractivity contribution < 1.29 is 13.7 Å². The first kappa shape index (κ1) is 25.0. The summed E-state index contributed by atoms with van der Waals surface area (Å²) in [6, 6.07) is 8.60. The lowest BCUT2D eigenvalue weighted by molar-refractivity contribution is -0.118. The monoisotopic (exact) mass is 508 g/mol. The van der Waals surface area contributed by atoms with Crippen molar-refractivity contribution in [3.63, 3.8) is 0 Å². The van der Waals surface area contributed by atoms with Crippen LogP contribution in [-0.2, 0) is 14.5 Å². The van der Waals surface area contributed by atoms with E-state index in [0.717, 1.165) is 12.2 Å². The Morgan fingerprint density at radius 3 is 2.71 bits per heavy atom. The van der Waals surface area contributed by atoms with Crippen molar-refractivity contribution in [1.29, 1.82) is 0 Å². The van der Waals surface area contributed by atoms with Gasteiger partial charge in [-0.2, -0.15) is 4.36 Å². The third kappa shape index (κ3) is 7.43. The number of rotatable bonds is 8. The molecule has 0 aliphatic rings. The van der Waals surface area contributed by atoms with Gasteiger partial charge in [0.05, 0.1) is 36.8 Å². The molecule has 0 aliphatic carbocycles. The lowest BCUT2D eigenvalue weighted by Gasteiger charge is -2.12. The third-order valence-electron chi connectivity index (χ3n) is 4.32. The predicted molar refractivity (Wildman–Crippen MR) is 129 cm³/mol. The molecule has 1 amide bonds. The second-order valence-electron chi connectivity index (χ2n) is 7.66. The highest BCUT2D eigenvalue weighted by atomic mass is 79.9. The molecule has 1 aromatic heterocycles. The number of aryl methyl sites for hydroxylation is 1. The molecule has 31 heavy (non-hydrogen) atoms. The normalized spacial score (nSPS) is 13.3. The van der Waals surface area contributed by atoms with E-state index in [2.05, 4.69) is 30.3 Å². The van der Waals surface area contributed by atoms with E-state index in [9.17, 15) is 9.00 Å². The first-order chi connectivity index (χ1) is 14.5. The van der Waals surface area contributed by atoms with Crippen molar-refractivity contribution in [2.75, 3.05) is 19.8 Å². The molecule has 168 valence electrons. The molecule has 2 rings (SSSR count). The molecule has 1 atom stereocenters. The maximum absolute atomic E-state index is 13.0. The molecule has 0 bridgehead atoms. The Morgan fingerprint density at radius 2 is 2.06 bits per heavy atom. The molecular formula is C22H29BrN4O3S. The largest absolute Gasteiger partial charge is 0.438 e. The molecule has 9 heteroatoms. The van der Waals surface area contributed by atoms with Crippen LogP contribution in [0.15, 0.2) is 49.1 Å². The minimum absolute atomic E-state index is 0.155. The Bertz CT molecular complexity index is 1090. The van der Waals surface area contributed by atoms with E-state index >= 15 is 0 Å². The average molecular weight is 509 g/mol. The first-order valence-electron chi connectivity index (χ1n) is 9.96. The molecular weight excluding hydrogens is 480 g/mol. The van der Waals surface area contributed by atoms with Crippen LogP contribution in [0.25, 0.3) is 0 Å². The van der Waals surface area contributed by atoms with Crippen molar-refractivity contribution in [2.45, 2.75) is 39.0 Å². The van der Waals surface area contributed by atoms with E-state index in [1.54, 1.807) is 30.6 Å². The Kier molecular flexibility index (Phi) is 8.76. The van der Waals surface area contributed by atoms with Gasteiger partial charge < -0.3 is 9.64 Å². The highest BCUT2D eigenvalue weighted by Gasteiger charge is 2.14. The molecule has 0 saturated heterocycles. The van der Waals surface area contributed by atoms with Gasteiger partial charge in [-0.3, -0.25) is 4.79 Å². The van der Waals surface area contributed by atoms with Crippen LogP contribution in [0.5, 0.6) is 11.6 Å². The van der Waals surface area contributed by atoms with E-state index in [1.165, 1.54) is 6.26 Å². The smallest absolute Gasteiger partial charge is 0.254 e. The van der Waals surface area contributed by atoms with Crippen LogP contribution in [0.3, 0.4) is 0 Å². The molecule has 1 unspecified atom stereocenters. The average Bonchev–Trinajstić information content (AvgIpc) is 2.68. The summed E-state index contributed by atoms with van der Waals surface area (Å²) < 4.78 is 23.5. The van der Waals surface area contributed by atoms with Crippen LogP contribution in [-0.4, -0.2) is 46.2 Å². The lowest BCUT2D eigenvalue weighted by Crippen LogP contribution is -2.14. The van der Waals surface area contributed by atoms with Crippen LogP contribution < -0.4 is 4.74 Å². The van der Waals surface area contributed by atoms with Crippen LogP contribution >= 0.6 is 15.9 Å². The molecule has 0 saturated carbocycles. The highest BCUT2D eigenvalue weighted by molar-refractivity contribution is 9.10. The molecule has 0 N–H and O–H groups in total. The fourth-order valence-corrected chi connectivity index (χ4v) is 4.13. The number of amides is 1. The summed E-state index contributed by atoms with van der Waals surface area (Å²) in [7, 11) is -0.929. The van der Waals surface area contributed by atoms with Crippen molar-refractivity contribution >= 4 is 43.6 Å². The number of carbonyl (C=O) groups excluding carboxylic acids is 1. The first-order valence-corrected chi connectivity index (χ1v) is 12.7. The maximum atomic E-state index is 13.0. The Balaban J connectivity index is 2.30. The molecule has 1 heterocycles. The number of nitrogens with zero attached hydrogens (tertiary/aromatic N) is 4. The third-order valence-corrected chi connectivity index (χ3v) is 6.57. The molecule has 7 nitrogen and oxygen atoms in total. The van der Waals surface area contributed by atoms with Gasteiger partial charge in [0.15, 0.2) is 0 Å². The second-order valence-corrected chi connectivity index (χ2v) is 10.8. The molecule has 0 fully saturated rings. The number of ether oxygens (including phenoxy) is 1. The highest BCUT2D eigenvalue weighted by Crippen LogP contribution is 2.33. The van der Waals surface area contributed by atoms with Gasteiger partial charge >= 0.3 is 0 Å². The summed E-state index contributed by atoms with van der Waals surface area (Å²) in [5.74, 6) is 0.613. The van der Waals surface area contributed by atoms with Gasteiger partial charge in [0.1, 0.15) is 5.75 Å². The van der Waals surface area contributed by atoms with Crippen LogP contribution in [0.4, 0.5) is 5.69 Å². The number of pyridine rings is 1. The van der Waals surface area contributed by atoms with E-state index < -0.39 is 9.73 Å². The number of halogens is 1. The summed E-state index contributed by atoms with van der Waals surface area (Å²) in [4.78, 5) is 23.4. The number of hydrogen-bond donors (Lipinski definition) is 0. The zero-order valence-corrected chi connectivity index (χ0v) is 21.2. The van der Waals surface area contributed by atoms with Gasteiger partial charge in [-0.1, -0.05) is 19.9 Å². The van der Waals surface area contributed by atoms with Gasteiger partial charge in [0, 0.05) is 26.3 Å². The van der Waals surface area contributed by atoms with Gasteiger partial charge in [-0.15, -0.1) is 0 Å². The van der Waals surface area contributed by atoms with E-state index in [-0.39, 0.29) is 18.2 Å². The number of aliphatic imine (C=N–C) groups is 1. The second kappa shape index (κ2) is 10.9. The van der Waals surface area contributed by atoms with E-state index in [4.69, 9.17) is 4.74 Å². The van der Waals surface area contributed by atoms with Crippen molar-refractivity contribution in [1.82, 2.24) is 9.88 Å². The quantitative estimate of drug-likeness (QED) is 0.342. The number of benzene rings is 1. The molecule has 0 spiro atoms. The number of aromatic nitrogens is 1. The Labute approximate surface area is 193 Å². The summed E-state index contributed by atoms with van der Waals surface area (Å²) in [6.07, 6.45) is 3.48. The summed E-state index contributed by atoms with van der Waals surface area (Å²) in [5.41, 5.74) is 1.44. The standard InChI is InChI=1S/C22H29BrN4O3S/c1-7-27(5)14-24-20-13-19(23)22(25-16(20)4)30-17-9-8-10-18(12-17)31(6,29)26-21(28)11-15(2)3/h8-10,12-15H,7,11H2,1-6H3/b24-14+. The zero-order valence-electron chi connectivity index (χ0n) is 18.8. The fraction of sp³-hybridized carbons (Fsp3) is 0.409. The molecule has 2 aromatic rings. The SMILES string of the molecule is CCN(C)/C=N/c1cc(Br)c(Oc2cccc(S(C)(=O)=NC(=O)CC(C)C)c2)nc1C. The van der Waals surface area contributed by atoms with Crippen molar-refractivity contribution in [2.24, 2.45) is 15.3 Å². The van der Waals surface area contributed by atoms with E-state index in [0.29, 0.717) is 26.7 Å². The summed E-state index contributed by atoms with van der Waals surface area (Å²) in [6.45, 7) is 8.59. The maximum Gasteiger partial charge on any atom is 0.254 e. The fourth-order valence-electron chi connectivity index (χ4n) is 2.51. The molecule has 0 aliphatic heterocycles. The van der Waals surface area contributed by atoms with E-state index in [1.807, 2.05) is 45.7 Å². The van der Waals surface area contributed by atoms with Crippen LogP contribution in [0, 0.1) is 12.8 Å². The number of carbonyl (C=O) groups is 1. The Hall–Kier alpha value is -2.26. The van der Waals surface area contributed by atoms with Crippen molar-refractivity contribution in [3.8, 4) is 11.6 Å². The minimum atomic E-state index is -2.87. The summed E-state index contributed by atoms with van der Waals surface area (Å²) in [5, 5.41) is 0.